The quantitative estimate of drug-likeness (QED) is 0.298. The van der Waals surface area contributed by atoms with Crippen molar-refractivity contribution in [2.24, 2.45) is 0 Å². The molecule has 0 spiro atoms. The molecule has 5 rings (SSSR count). The van der Waals surface area contributed by atoms with E-state index in [1.54, 1.807) is 0 Å². The molecule has 146 valence electrons. The third-order valence-corrected chi connectivity index (χ3v) is 5.50. The van der Waals surface area contributed by atoms with Crippen LogP contribution < -0.4 is 9.88 Å². The molecule has 0 radical (unpaired) electrons. The molecule has 1 N–H and O–H groups in total. The monoisotopic (exact) mass is 390 g/mol. The van der Waals surface area contributed by atoms with Crippen LogP contribution in [0.5, 0.6) is 0 Å². The molecule has 0 saturated heterocycles. The van der Waals surface area contributed by atoms with Gasteiger partial charge in [0, 0.05) is 36.5 Å². The van der Waals surface area contributed by atoms with Gasteiger partial charge in [-0.25, -0.2) is 4.98 Å². The molecule has 0 aliphatic carbocycles. The molecule has 0 amide bonds. The fourth-order valence-electron chi connectivity index (χ4n) is 4.10. The summed E-state index contributed by atoms with van der Waals surface area (Å²) in [6, 6.07) is 31.9. The van der Waals surface area contributed by atoms with Crippen LogP contribution in [0.4, 0.5) is 5.69 Å². The molecule has 3 heteroatoms. The van der Waals surface area contributed by atoms with E-state index in [2.05, 4.69) is 115 Å². The van der Waals surface area contributed by atoms with Gasteiger partial charge in [0.15, 0.2) is 0 Å². The number of para-hydroxylation sites is 1. The lowest BCUT2D eigenvalue weighted by Crippen LogP contribution is -2.33. The second kappa shape index (κ2) is 7.60. The van der Waals surface area contributed by atoms with E-state index in [0.29, 0.717) is 0 Å². The third kappa shape index (κ3) is 3.18. The Hall–Kier alpha value is -3.72. The van der Waals surface area contributed by atoms with E-state index in [4.69, 9.17) is 4.98 Å². The van der Waals surface area contributed by atoms with Gasteiger partial charge in [0.05, 0.1) is 0 Å². The molecule has 0 atom stereocenters. The number of rotatable bonds is 4. The summed E-state index contributed by atoms with van der Waals surface area (Å²) in [7, 11) is 0. The summed E-state index contributed by atoms with van der Waals surface area (Å²) in [5, 5.41) is 3.43. The molecule has 1 heterocycles. The summed E-state index contributed by atoms with van der Waals surface area (Å²) in [6.07, 6.45) is 0. The Kier molecular flexibility index (Phi) is 4.64. The fourth-order valence-corrected chi connectivity index (χ4v) is 4.10. The van der Waals surface area contributed by atoms with Crippen LogP contribution >= 0.6 is 0 Å². The van der Waals surface area contributed by atoms with Gasteiger partial charge in [-0.15, -0.1) is 4.57 Å². The van der Waals surface area contributed by atoms with Gasteiger partial charge in [0.1, 0.15) is 11.0 Å². The Morgan fingerprint density at radius 2 is 1.47 bits per heavy atom. The van der Waals surface area contributed by atoms with E-state index >= 15 is 0 Å². The molecule has 4 aromatic carbocycles. The van der Waals surface area contributed by atoms with Crippen LogP contribution in [0, 0.1) is 6.92 Å². The topological polar surface area (TPSA) is 28.8 Å². The Morgan fingerprint density at radius 1 is 0.767 bits per heavy atom. The minimum Gasteiger partial charge on any atom is -0.385 e. The van der Waals surface area contributed by atoms with Crippen molar-refractivity contribution in [1.29, 1.82) is 0 Å². The lowest BCUT2D eigenvalue weighted by molar-refractivity contribution is -0.538. The molecule has 30 heavy (non-hydrogen) atoms. The van der Waals surface area contributed by atoms with Crippen molar-refractivity contribution in [3.8, 4) is 16.8 Å². The molecule has 0 unspecified atom stereocenters. The number of benzene rings is 4. The van der Waals surface area contributed by atoms with Gasteiger partial charge in [0.2, 0.25) is 16.7 Å². The smallest absolute Gasteiger partial charge is 0.239 e. The molecular weight excluding hydrogens is 366 g/mol. The highest BCUT2D eigenvalue weighted by Gasteiger charge is 2.21. The Balaban J connectivity index is 1.86. The molecular formula is C27H24N3+. The molecule has 5 aromatic rings. The summed E-state index contributed by atoms with van der Waals surface area (Å²) in [5.74, 6) is 0. The molecule has 0 bridgehead atoms. The van der Waals surface area contributed by atoms with E-state index in [0.717, 1.165) is 40.0 Å². The van der Waals surface area contributed by atoms with Crippen molar-refractivity contribution in [2.45, 2.75) is 13.8 Å². The first-order valence-electron chi connectivity index (χ1n) is 10.4. The maximum absolute atomic E-state index is 5.04. The molecule has 1 aromatic heterocycles. The van der Waals surface area contributed by atoms with Crippen LogP contribution in [-0.2, 0) is 0 Å². The van der Waals surface area contributed by atoms with E-state index in [-0.39, 0.29) is 0 Å². The Labute approximate surface area is 176 Å². The van der Waals surface area contributed by atoms with Crippen molar-refractivity contribution in [3.05, 3.63) is 96.6 Å². The third-order valence-electron chi connectivity index (χ3n) is 5.50. The van der Waals surface area contributed by atoms with Gasteiger partial charge in [0.25, 0.3) is 0 Å². The maximum Gasteiger partial charge on any atom is 0.239 e. The number of hydrogen-bond acceptors (Lipinski definition) is 2. The number of nitrogens with zero attached hydrogens (tertiary/aromatic N) is 2. The van der Waals surface area contributed by atoms with Crippen molar-refractivity contribution in [3.63, 3.8) is 0 Å². The standard InChI is InChI=1S/C27H23N3/c1-3-28-21-14-15-24-27(17-21)30(22-12-8-5-9-13-22)26-16-19(2)23(18-25(26)29-24)20-10-6-4-7-11-20/h4-18H,3H2,1-2H3/p+1. The molecule has 0 aliphatic heterocycles. The predicted molar refractivity (Wildman–Crippen MR) is 125 cm³/mol. The number of fused-ring (bicyclic) bond motifs is 2. The van der Waals surface area contributed by atoms with Gasteiger partial charge in [-0.3, -0.25) is 0 Å². The Bertz CT molecular complexity index is 1340. The van der Waals surface area contributed by atoms with E-state index < -0.39 is 0 Å². The van der Waals surface area contributed by atoms with Crippen LogP contribution in [0.25, 0.3) is 38.9 Å². The Morgan fingerprint density at radius 3 is 2.20 bits per heavy atom. The van der Waals surface area contributed by atoms with E-state index in [9.17, 15) is 0 Å². The maximum atomic E-state index is 5.04. The first-order chi connectivity index (χ1) is 14.7. The minimum atomic E-state index is 0.886. The first kappa shape index (κ1) is 18.3. The van der Waals surface area contributed by atoms with Crippen LogP contribution in [0.1, 0.15) is 12.5 Å². The highest BCUT2D eigenvalue weighted by molar-refractivity contribution is 5.88. The summed E-state index contributed by atoms with van der Waals surface area (Å²) in [5.41, 5.74) is 10.1. The predicted octanol–water partition coefficient (Wildman–Crippen LogP) is 6.07. The zero-order valence-electron chi connectivity index (χ0n) is 17.3. The number of hydrogen-bond donors (Lipinski definition) is 1. The van der Waals surface area contributed by atoms with Gasteiger partial charge < -0.3 is 5.32 Å². The van der Waals surface area contributed by atoms with Crippen LogP contribution in [0.2, 0.25) is 0 Å². The lowest BCUT2D eigenvalue weighted by Gasteiger charge is -2.11. The van der Waals surface area contributed by atoms with Crippen molar-refractivity contribution < 1.29 is 4.57 Å². The molecule has 3 nitrogen and oxygen atoms in total. The lowest BCUT2D eigenvalue weighted by atomic mass is 9.99. The second-order valence-corrected chi connectivity index (χ2v) is 7.54. The number of aromatic nitrogens is 2. The van der Waals surface area contributed by atoms with Gasteiger partial charge >= 0.3 is 0 Å². The van der Waals surface area contributed by atoms with E-state index in [1.165, 1.54) is 16.7 Å². The number of aryl methyl sites for hydroxylation is 1. The number of anilines is 1. The normalized spacial score (nSPS) is 11.1. The molecule has 0 fully saturated rings. The zero-order valence-corrected chi connectivity index (χ0v) is 17.3. The molecule has 0 saturated carbocycles. The highest BCUT2D eigenvalue weighted by atomic mass is 15.0. The van der Waals surface area contributed by atoms with Crippen LogP contribution in [0.3, 0.4) is 0 Å². The number of nitrogens with one attached hydrogen (secondary N) is 1. The summed E-state index contributed by atoms with van der Waals surface area (Å²) in [4.78, 5) is 5.04. The fraction of sp³-hybridized carbons (Fsp3) is 0.111. The average Bonchev–Trinajstić information content (AvgIpc) is 2.79. The minimum absolute atomic E-state index is 0.886. The second-order valence-electron chi connectivity index (χ2n) is 7.54. The largest absolute Gasteiger partial charge is 0.385 e. The summed E-state index contributed by atoms with van der Waals surface area (Å²) in [6.45, 7) is 5.18. The summed E-state index contributed by atoms with van der Waals surface area (Å²) >= 11 is 0. The van der Waals surface area contributed by atoms with Crippen molar-refractivity contribution in [2.75, 3.05) is 11.9 Å². The zero-order chi connectivity index (χ0) is 20.5. The van der Waals surface area contributed by atoms with Gasteiger partial charge in [-0.1, -0.05) is 48.5 Å². The average molecular weight is 391 g/mol. The van der Waals surface area contributed by atoms with Crippen molar-refractivity contribution in [1.82, 2.24) is 4.98 Å². The SMILES string of the molecule is CCNc1ccc2nc3cc(-c4ccccc4)c(C)cc3[n+](-c3ccccc3)c2c1. The molecule has 0 aliphatic rings. The van der Waals surface area contributed by atoms with E-state index in [1.807, 2.05) is 0 Å². The van der Waals surface area contributed by atoms with Gasteiger partial charge in [-0.05, 0) is 48.7 Å². The summed E-state index contributed by atoms with van der Waals surface area (Å²) < 4.78 is 2.32. The van der Waals surface area contributed by atoms with Crippen LogP contribution in [-0.4, -0.2) is 11.5 Å². The van der Waals surface area contributed by atoms with Crippen molar-refractivity contribution >= 4 is 27.8 Å². The van der Waals surface area contributed by atoms with Gasteiger partial charge in [-0.2, -0.15) is 0 Å². The highest BCUT2D eigenvalue weighted by Crippen LogP contribution is 2.28. The van der Waals surface area contributed by atoms with Crippen LogP contribution in [0.15, 0.2) is 91.0 Å². The first-order valence-corrected chi connectivity index (χ1v) is 10.4.